The molecule has 3 heteroatoms. The van der Waals surface area contributed by atoms with Crippen LogP contribution >= 0.6 is 0 Å². The average Bonchev–Trinajstić information content (AvgIpc) is 2.31. The van der Waals surface area contributed by atoms with E-state index in [2.05, 4.69) is 18.8 Å². The number of halogens is 1. The molecule has 0 amide bonds. The SMILES string of the molecule is C=CC(NCCC)c1c(F)cccc1OC. The first kappa shape index (κ1) is 12.7. The van der Waals surface area contributed by atoms with E-state index in [0.29, 0.717) is 11.3 Å². The molecule has 0 aliphatic rings. The summed E-state index contributed by atoms with van der Waals surface area (Å²) >= 11 is 0. The molecule has 1 atom stereocenters. The van der Waals surface area contributed by atoms with Gasteiger partial charge in [-0.2, -0.15) is 0 Å². The van der Waals surface area contributed by atoms with Gasteiger partial charge < -0.3 is 10.1 Å². The highest BCUT2D eigenvalue weighted by Crippen LogP contribution is 2.28. The number of nitrogens with one attached hydrogen (secondary N) is 1. The zero-order valence-corrected chi connectivity index (χ0v) is 9.79. The van der Waals surface area contributed by atoms with E-state index in [1.54, 1.807) is 18.2 Å². The lowest BCUT2D eigenvalue weighted by Gasteiger charge is -2.18. The van der Waals surface area contributed by atoms with Crippen molar-refractivity contribution in [2.75, 3.05) is 13.7 Å². The highest BCUT2D eigenvalue weighted by molar-refractivity contribution is 5.39. The molecule has 0 bridgehead atoms. The lowest BCUT2D eigenvalue weighted by Crippen LogP contribution is -2.21. The van der Waals surface area contributed by atoms with Gasteiger partial charge in [0.05, 0.1) is 18.7 Å². The van der Waals surface area contributed by atoms with E-state index in [9.17, 15) is 4.39 Å². The molecule has 0 aliphatic heterocycles. The van der Waals surface area contributed by atoms with Crippen molar-refractivity contribution in [2.45, 2.75) is 19.4 Å². The van der Waals surface area contributed by atoms with E-state index in [0.717, 1.165) is 13.0 Å². The Bertz CT molecular complexity index is 352. The van der Waals surface area contributed by atoms with Gasteiger partial charge in [-0.25, -0.2) is 4.39 Å². The van der Waals surface area contributed by atoms with Gasteiger partial charge in [-0.3, -0.25) is 0 Å². The van der Waals surface area contributed by atoms with E-state index in [1.165, 1.54) is 13.2 Å². The molecule has 0 saturated heterocycles. The highest BCUT2D eigenvalue weighted by atomic mass is 19.1. The van der Waals surface area contributed by atoms with Crippen LogP contribution in [0.15, 0.2) is 30.9 Å². The monoisotopic (exact) mass is 223 g/mol. The Labute approximate surface area is 96.1 Å². The topological polar surface area (TPSA) is 21.3 Å². The third-order valence-corrected chi connectivity index (χ3v) is 2.39. The standard InChI is InChI=1S/C13H18FNO/c1-4-9-15-11(5-2)13-10(14)7-6-8-12(13)16-3/h5-8,11,15H,2,4,9H2,1,3H3. The Balaban J connectivity index is 3.02. The molecule has 16 heavy (non-hydrogen) atoms. The maximum atomic E-state index is 13.7. The number of ether oxygens (including phenoxy) is 1. The van der Waals surface area contributed by atoms with Gasteiger partial charge in [-0.1, -0.05) is 19.1 Å². The van der Waals surface area contributed by atoms with Gasteiger partial charge in [-0.15, -0.1) is 6.58 Å². The summed E-state index contributed by atoms with van der Waals surface area (Å²) in [6, 6.07) is 4.61. The number of benzene rings is 1. The molecule has 0 aliphatic carbocycles. The first-order valence-electron chi connectivity index (χ1n) is 5.42. The molecule has 0 fully saturated rings. The zero-order valence-electron chi connectivity index (χ0n) is 9.79. The van der Waals surface area contributed by atoms with Crippen molar-refractivity contribution in [2.24, 2.45) is 0 Å². The van der Waals surface area contributed by atoms with Gasteiger partial charge in [-0.05, 0) is 25.1 Å². The summed E-state index contributed by atoms with van der Waals surface area (Å²) in [4.78, 5) is 0. The first-order chi connectivity index (χ1) is 7.74. The molecule has 0 spiro atoms. The van der Waals surface area contributed by atoms with E-state index in [4.69, 9.17) is 4.74 Å². The van der Waals surface area contributed by atoms with Crippen LogP contribution in [0.3, 0.4) is 0 Å². The van der Waals surface area contributed by atoms with Crippen LogP contribution < -0.4 is 10.1 Å². The quantitative estimate of drug-likeness (QED) is 0.748. The average molecular weight is 223 g/mol. The predicted molar refractivity (Wildman–Crippen MR) is 64.2 cm³/mol. The molecular weight excluding hydrogens is 205 g/mol. The minimum atomic E-state index is -0.271. The third kappa shape index (κ3) is 2.83. The van der Waals surface area contributed by atoms with E-state index in [1.807, 2.05) is 0 Å². The number of rotatable bonds is 6. The second-order valence-electron chi connectivity index (χ2n) is 3.52. The second kappa shape index (κ2) is 6.28. The van der Waals surface area contributed by atoms with Crippen LogP contribution in [-0.2, 0) is 0 Å². The minimum Gasteiger partial charge on any atom is -0.496 e. The lowest BCUT2D eigenvalue weighted by atomic mass is 10.0. The fourth-order valence-corrected chi connectivity index (χ4v) is 1.60. The summed E-state index contributed by atoms with van der Waals surface area (Å²) < 4.78 is 18.9. The largest absolute Gasteiger partial charge is 0.496 e. The van der Waals surface area contributed by atoms with Crippen LogP contribution in [0.1, 0.15) is 24.9 Å². The van der Waals surface area contributed by atoms with Crippen LogP contribution in [-0.4, -0.2) is 13.7 Å². The first-order valence-corrected chi connectivity index (χ1v) is 5.42. The maximum absolute atomic E-state index is 13.7. The smallest absolute Gasteiger partial charge is 0.132 e. The molecule has 1 aromatic rings. The van der Waals surface area contributed by atoms with E-state index in [-0.39, 0.29) is 11.9 Å². The molecule has 0 saturated carbocycles. The van der Waals surface area contributed by atoms with Crippen molar-refractivity contribution in [1.29, 1.82) is 0 Å². The fraction of sp³-hybridized carbons (Fsp3) is 0.385. The second-order valence-corrected chi connectivity index (χ2v) is 3.52. The number of methoxy groups -OCH3 is 1. The van der Waals surface area contributed by atoms with Crippen molar-refractivity contribution in [3.05, 3.63) is 42.2 Å². The zero-order chi connectivity index (χ0) is 12.0. The van der Waals surface area contributed by atoms with Crippen molar-refractivity contribution >= 4 is 0 Å². The highest BCUT2D eigenvalue weighted by Gasteiger charge is 2.16. The Hall–Kier alpha value is -1.35. The maximum Gasteiger partial charge on any atom is 0.132 e. The molecule has 1 rings (SSSR count). The summed E-state index contributed by atoms with van der Waals surface area (Å²) in [7, 11) is 1.54. The van der Waals surface area contributed by atoms with Gasteiger partial charge in [0.15, 0.2) is 0 Å². The van der Waals surface area contributed by atoms with Crippen LogP contribution in [0.25, 0.3) is 0 Å². The molecule has 1 N–H and O–H groups in total. The van der Waals surface area contributed by atoms with Crippen molar-refractivity contribution < 1.29 is 9.13 Å². The van der Waals surface area contributed by atoms with Crippen LogP contribution in [0.2, 0.25) is 0 Å². The van der Waals surface area contributed by atoms with Crippen molar-refractivity contribution in [1.82, 2.24) is 5.32 Å². The summed E-state index contributed by atoms with van der Waals surface area (Å²) in [6.07, 6.45) is 2.68. The normalized spacial score (nSPS) is 12.2. The lowest BCUT2D eigenvalue weighted by molar-refractivity contribution is 0.397. The molecule has 1 aromatic carbocycles. The Kier molecular flexibility index (Phi) is 4.99. The molecule has 0 radical (unpaired) electrons. The molecular formula is C13H18FNO. The van der Waals surface area contributed by atoms with Crippen LogP contribution in [0.5, 0.6) is 5.75 Å². The van der Waals surface area contributed by atoms with Gasteiger partial charge in [0.2, 0.25) is 0 Å². The van der Waals surface area contributed by atoms with Gasteiger partial charge in [0, 0.05) is 0 Å². The van der Waals surface area contributed by atoms with Crippen molar-refractivity contribution in [3.8, 4) is 5.75 Å². The Morgan fingerprint density at radius 1 is 1.56 bits per heavy atom. The third-order valence-electron chi connectivity index (χ3n) is 2.39. The molecule has 88 valence electrons. The van der Waals surface area contributed by atoms with Crippen molar-refractivity contribution in [3.63, 3.8) is 0 Å². The summed E-state index contributed by atoms with van der Waals surface area (Å²) in [5, 5.41) is 3.21. The number of hydrogen-bond acceptors (Lipinski definition) is 2. The molecule has 1 unspecified atom stereocenters. The Morgan fingerprint density at radius 3 is 2.88 bits per heavy atom. The van der Waals surface area contributed by atoms with Gasteiger partial charge in [0.25, 0.3) is 0 Å². The van der Waals surface area contributed by atoms with Gasteiger partial charge in [0.1, 0.15) is 11.6 Å². The predicted octanol–water partition coefficient (Wildman–Crippen LogP) is 3.06. The van der Waals surface area contributed by atoms with E-state index >= 15 is 0 Å². The van der Waals surface area contributed by atoms with Gasteiger partial charge >= 0.3 is 0 Å². The van der Waals surface area contributed by atoms with Crippen LogP contribution in [0.4, 0.5) is 4.39 Å². The summed E-state index contributed by atoms with van der Waals surface area (Å²) in [5.41, 5.74) is 0.522. The Morgan fingerprint density at radius 2 is 2.31 bits per heavy atom. The summed E-state index contributed by atoms with van der Waals surface area (Å²) in [6.45, 7) is 6.60. The van der Waals surface area contributed by atoms with Crippen LogP contribution in [0, 0.1) is 5.82 Å². The molecule has 0 heterocycles. The summed E-state index contributed by atoms with van der Waals surface area (Å²) in [5.74, 6) is 0.279. The minimum absolute atomic E-state index is 0.212. The molecule has 2 nitrogen and oxygen atoms in total. The van der Waals surface area contributed by atoms with E-state index < -0.39 is 0 Å². The molecule has 0 aromatic heterocycles. The fourth-order valence-electron chi connectivity index (χ4n) is 1.60. The number of hydrogen-bond donors (Lipinski definition) is 1.